The topological polar surface area (TPSA) is 47.3 Å². The van der Waals surface area contributed by atoms with Gasteiger partial charge in [0.2, 0.25) is 0 Å². The third-order valence-corrected chi connectivity index (χ3v) is 3.65. The number of nitrogens with two attached hydrogens (primary N) is 1. The maximum Gasteiger partial charge on any atom is 0.103 e. The fourth-order valence-corrected chi connectivity index (χ4v) is 2.44. The molecule has 0 aliphatic carbocycles. The summed E-state index contributed by atoms with van der Waals surface area (Å²) < 4.78 is 5.69. The second kappa shape index (κ2) is 5.67. The summed E-state index contributed by atoms with van der Waals surface area (Å²) in [5.41, 5.74) is 8.82. The van der Waals surface area contributed by atoms with Gasteiger partial charge in [-0.3, -0.25) is 0 Å². The highest BCUT2D eigenvalue weighted by Crippen LogP contribution is 2.22. The Labute approximate surface area is 114 Å². The Bertz CT molecular complexity index is 441. The van der Waals surface area contributed by atoms with Crippen molar-refractivity contribution in [2.45, 2.75) is 38.8 Å². The summed E-state index contributed by atoms with van der Waals surface area (Å²) in [6, 6.07) is 6.34. The third-order valence-electron chi connectivity index (χ3n) is 3.42. The number of anilines is 1. The molecule has 1 fully saturated rings. The van der Waals surface area contributed by atoms with E-state index in [-0.39, 0.29) is 0 Å². The van der Waals surface area contributed by atoms with E-state index in [0.29, 0.717) is 17.1 Å². The molecule has 3 N–H and O–H groups in total. The second-order valence-electron chi connectivity index (χ2n) is 4.88. The number of hydrogen-bond acceptors (Lipinski definition) is 3. The lowest BCUT2D eigenvalue weighted by molar-refractivity contribution is 0.0996. The van der Waals surface area contributed by atoms with Gasteiger partial charge in [-0.05, 0) is 50.5 Å². The molecule has 0 amide bonds. The fraction of sp³-hybridized carbons (Fsp3) is 0.500. The van der Waals surface area contributed by atoms with Crippen LogP contribution in [0.2, 0.25) is 0 Å². The van der Waals surface area contributed by atoms with Crippen LogP contribution < -0.4 is 11.1 Å². The largest absolute Gasteiger partial charge is 0.389 e. The third kappa shape index (κ3) is 3.00. The minimum atomic E-state index is 0.319. The van der Waals surface area contributed by atoms with Gasteiger partial charge in [-0.2, -0.15) is 0 Å². The van der Waals surface area contributed by atoms with E-state index in [2.05, 4.69) is 19.2 Å². The number of aryl methyl sites for hydroxylation is 1. The Kier molecular flexibility index (Phi) is 4.19. The normalized spacial score (nSPS) is 20.7. The van der Waals surface area contributed by atoms with Crippen molar-refractivity contribution in [3.63, 3.8) is 0 Å². The Morgan fingerprint density at radius 1 is 1.56 bits per heavy atom. The Balaban J connectivity index is 2.06. The molecule has 1 aromatic carbocycles. The molecule has 4 heteroatoms. The van der Waals surface area contributed by atoms with E-state index in [1.54, 1.807) is 0 Å². The van der Waals surface area contributed by atoms with Gasteiger partial charge in [0.25, 0.3) is 0 Å². The molecule has 0 radical (unpaired) electrons. The van der Waals surface area contributed by atoms with Crippen molar-refractivity contribution in [1.29, 1.82) is 0 Å². The van der Waals surface area contributed by atoms with Gasteiger partial charge in [0.15, 0.2) is 0 Å². The van der Waals surface area contributed by atoms with E-state index < -0.39 is 0 Å². The Morgan fingerprint density at radius 2 is 2.33 bits per heavy atom. The van der Waals surface area contributed by atoms with Crippen LogP contribution in [0.5, 0.6) is 0 Å². The second-order valence-corrected chi connectivity index (χ2v) is 5.32. The van der Waals surface area contributed by atoms with Crippen molar-refractivity contribution in [2.24, 2.45) is 5.73 Å². The lowest BCUT2D eigenvalue weighted by Gasteiger charge is -2.22. The van der Waals surface area contributed by atoms with Crippen molar-refractivity contribution >= 4 is 22.9 Å². The van der Waals surface area contributed by atoms with Gasteiger partial charge in [0.05, 0.1) is 6.10 Å². The summed E-state index contributed by atoms with van der Waals surface area (Å²) in [6.45, 7) is 5.11. The van der Waals surface area contributed by atoms with Crippen molar-refractivity contribution in [2.75, 3.05) is 11.9 Å². The van der Waals surface area contributed by atoms with Crippen molar-refractivity contribution in [1.82, 2.24) is 0 Å². The first-order chi connectivity index (χ1) is 8.58. The van der Waals surface area contributed by atoms with Gasteiger partial charge in [-0.15, -0.1) is 0 Å². The molecule has 0 bridgehead atoms. The van der Waals surface area contributed by atoms with Gasteiger partial charge in [-0.25, -0.2) is 0 Å². The Morgan fingerprint density at radius 3 is 2.89 bits per heavy atom. The van der Waals surface area contributed by atoms with Crippen LogP contribution in [0.3, 0.4) is 0 Å². The molecule has 0 saturated carbocycles. The summed E-state index contributed by atoms with van der Waals surface area (Å²) in [5, 5.41) is 3.51. The number of benzene rings is 1. The molecular formula is C14H20N2OS. The van der Waals surface area contributed by atoms with Crippen LogP contribution in [0.25, 0.3) is 0 Å². The number of ether oxygens (including phenoxy) is 1. The molecule has 0 spiro atoms. The van der Waals surface area contributed by atoms with Gasteiger partial charge in [0.1, 0.15) is 4.99 Å². The monoisotopic (exact) mass is 264 g/mol. The standard InChI is InChI=1S/C14H20N2OS/c1-9-8-11(14(15)18)5-6-12(9)16-10(2)13-4-3-7-17-13/h5-6,8,10,13,16H,3-4,7H2,1-2H3,(H2,15,18). The molecule has 3 nitrogen and oxygen atoms in total. The zero-order valence-electron chi connectivity index (χ0n) is 10.9. The highest BCUT2D eigenvalue weighted by Gasteiger charge is 2.22. The highest BCUT2D eigenvalue weighted by molar-refractivity contribution is 7.80. The van der Waals surface area contributed by atoms with Gasteiger partial charge >= 0.3 is 0 Å². The fourth-order valence-electron chi connectivity index (χ4n) is 2.31. The van der Waals surface area contributed by atoms with Crippen LogP contribution in [-0.4, -0.2) is 23.7 Å². The minimum absolute atomic E-state index is 0.319. The van der Waals surface area contributed by atoms with Crippen molar-refractivity contribution in [3.8, 4) is 0 Å². The number of hydrogen-bond donors (Lipinski definition) is 2. The molecular weight excluding hydrogens is 244 g/mol. The molecule has 1 aliphatic heterocycles. The zero-order chi connectivity index (χ0) is 13.1. The molecule has 98 valence electrons. The van der Waals surface area contributed by atoms with E-state index in [9.17, 15) is 0 Å². The van der Waals surface area contributed by atoms with E-state index >= 15 is 0 Å². The first-order valence-corrected chi connectivity index (χ1v) is 6.77. The van der Waals surface area contributed by atoms with E-state index in [1.807, 2.05) is 18.2 Å². The smallest absolute Gasteiger partial charge is 0.103 e. The minimum Gasteiger partial charge on any atom is -0.389 e. The molecule has 1 saturated heterocycles. The first-order valence-electron chi connectivity index (χ1n) is 6.36. The first kappa shape index (κ1) is 13.3. The van der Waals surface area contributed by atoms with E-state index in [1.165, 1.54) is 0 Å². The highest BCUT2D eigenvalue weighted by atomic mass is 32.1. The molecule has 1 aliphatic rings. The van der Waals surface area contributed by atoms with Crippen molar-refractivity contribution in [3.05, 3.63) is 29.3 Å². The van der Waals surface area contributed by atoms with Crippen LogP contribution in [-0.2, 0) is 4.74 Å². The van der Waals surface area contributed by atoms with Crippen molar-refractivity contribution < 1.29 is 4.74 Å². The SMILES string of the molecule is Cc1cc(C(N)=S)ccc1NC(C)C1CCCO1. The van der Waals surface area contributed by atoms with Crippen LogP contribution >= 0.6 is 12.2 Å². The lowest BCUT2D eigenvalue weighted by atomic mass is 10.1. The Hall–Kier alpha value is -1.13. The van der Waals surface area contributed by atoms with Crippen LogP contribution in [0.1, 0.15) is 30.9 Å². The van der Waals surface area contributed by atoms with Gasteiger partial charge in [0, 0.05) is 23.9 Å². The maximum atomic E-state index is 5.69. The average molecular weight is 264 g/mol. The predicted molar refractivity (Wildman–Crippen MR) is 79.1 cm³/mol. The number of thiocarbonyl (C=S) groups is 1. The average Bonchev–Trinajstić information content (AvgIpc) is 2.85. The van der Waals surface area contributed by atoms with E-state index in [0.717, 1.165) is 36.3 Å². The van der Waals surface area contributed by atoms with Crippen LogP contribution in [0.15, 0.2) is 18.2 Å². The predicted octanol–water partition coefficient (Wildman–Crippen LogP) is 2.61. The number of rotatable bonds is 4. The van der Waals surface area contributed by atoms with Crippen LogP contribution in [0, 0.1) is 6.92 Å². The molecule has 18 heavy (non-hydrogen) atoms. The molecule has 2 atom stereocenters. The summed E-state index contributed by atoms with van der Waals surface area (Å²) in [6.07, 6.45) is 2.62. The lowest BCUT2D eigenvalue weighted by Crippen LogP contribution is -2.30. The summed E-state index contributed by atoms with van der Waals surface area (Å²) in [5.74, 6) is 0. The molecule has 1 aromatic rings. The summed E-state index contributed by atoms with van der Waals surface area (Å²) in [7, 11) is 0. The molecule has 1 heterocycles. The summed E-state index contributed by atoms with van der Waals surface area (Å²) >= 11 is 4.98. The molecule has 0 aromatic heterocycles. The van der Waals surface area contributed by atoms with Crippen LogP contribution in [0.4, 0.5) is 5.69 Å². The number of nitrogens with one attached hydrogen (secondary N) is 1. The molecule has 2 unspecified atom stereocenters. The quantitative estimate of drug-likeness (QED) is 0.821. The van der Waals surface area contributed by atoms with Gasteiger partial charge in [-0.1, -0.05) is 12.2 Å². The van der Waals surface area contributed by atoms with Gasteiger partial charge < -0.3 is 15.8 Å². The summed E-state index contributed by atoms with van der Waals surface area (Å²) in [4.78, 5) is 0.442. The van der Waals surface area contributed by atoms with E-state index in [4.69, 9.17) is 22.7 Å². The maximum absolute atomic E-state index is 5.69. The zero-order valence-corrected chi connectivity index (χ0v) is 11.7. The molecule has 2 rings (SSSR count).